The van der Waals surface area contributed by atoms with E-state index in [0.717, 1.165) is 50.9 Å². The van der Waals surface area contributed by atoms with Crippen molar-refractivity contribution in [1.29, 1.82) is 0 Å². The number of thioether (sulfide) groups is 1. The summed E-state index contributed by atoms with van der Waals surface area (Å²) >= 11 is 1.79. The predicted molar refractivity (Wildman–Crippen MR) is 107 cm³/mol. The van der Waals surface area contributed by atoms with Crippen molar-refractivity contribution in [2.75, 3.05) is 57.8 Å². The molecule has 1 rings (SSSR count). The molecule has 23 heavy (non-hydrogen) atoms. The largest absolute Gasteiger partial charge is 0.342 e. The molecule has 1 aliphatic heterocycles. The number of nitrogens with one attached hydrogen (secondary N) is 1. The van der Waals surface area contributed by atoms with E-state index in [1.807, 2.05) is 7.05 Å². The van der Waals surface area contributed by atoms with Crippen molar-refractivity contribution >= 4 is 42.5 Å². The number of likely N-dealkylation sites (tertiary alicyclic amines) is 1. The van der Waals surface area contributed by atoms with E-state index in [0.29, 0.717) is 11.7 Å². The van der Waals surface area contributed by atoms with Crippen LogP contribution < -0.4 is 5.32 Å². The summed E-state index contributed by atoms with van der Waals surface area (Å²) in [7, 11) is 2.01. The Morgan fingerprint density at radius 3 is 2.35 bits per heavy atom. The molecular weight excluding hydrogens is 353 g/mol. The summed E-state index contributed by atoms with van der Waals surface area (Å²) in [4.78, 5) is 16.7. The van der Waals surface area contributed by atoms with E-state index in [4.69, 9.17) is 0 Å². The van der Waals surface area contributed by atoms with E-state index < -0.39 is 0 Å². The number of hydrogen-bond acceptors (Lipinski definition) is 4. The van der Waals surface area contributed by atoms with Crippen molar-refractivity contribution in [3.05, 3.63) is 0 Å². The highest BCUT2D eigenvalue weighted by Crippen LogP contribution is 2.20. The average molecular weight is 388 g/mol. The van der Waals surface area contributed by atoms with Crippen LogP contribution in [0.1, 0.15) is 33.1 Å². The molecule has 1 amide bonds. The lowest BCUT2D eigenvalue weighted by Crippen LogP contribution is -2.40. The van der Waals surface area contributed by atoms with Crippen molar-refractivity contribution in [2.45, 2.75) is 33.1 Å². The second-order valence-electron chi connectivity index (χ2n) is 5.80. The Morgan fingerprint density at radius 1 is 1.22 bits per heavy atom. The van der Waals surface area contributed by atoms with Gasteiger partial charge in [-0.25, -0.2) is 0 Å². The molecule has 0 aliphatic carbocycles. The molecule has 1 N–H and O–H groups in total. The van der Waals surface area contributed by atoms with E-state index >= 15 is 0 Å². The first kappa shape index (κ1) is 25.6. The van der Waals surface area contributed by atoms with Crippen LogP contribution in [0.5, 0.6) is 0 Å². The maximum atomic E-state index is 12.2. The van der Waals surface area contributed by atoms with Crippen molar-refractivity contribution < 1.29 is 4.79 Å². The number of carbonyl (C=O) groups excluding carboxylic acids is 1. The van der Waals surface area contributed by atoms with Gasteiger partial charge in [0.15, 0.2) is 0 Å². The molecule has 0 unspecified atom stereocenters. The van der Waals surface area contributed by atoms with Crippen molar-refractivity contribution in [1.82, 2.24) is 15.1 Å². The minimum absolute atomic E-state index is 0. The van der Waals surface area contributed by atoms with Crippen LogP contribution in [0.4, 0.5) is 0 Å². The van der Waals surface area contributed by atoms with E-state index in [-0.39, 0.29) is 24.8 Å². The minimum atomic E-state index is 0. The molecule has 1 fully saturated rings. The van der Waals surface area contributed by atoms with E-state index in [1.54, 1.807) is 11.8 Å². The Balaban J connectivity index is 0. The zero-order valence-corrected chi connectivity index (χ0v) is 17.3. The van der Waals surface area contributed by atoms with Gasteiger partial charge in [-0.2, -0.15) is 11.8 Å². The second-order valence-corrected chi connectivity index (χ2v) is 6.90. The first-order valence-electron chi connectivity index (χ1n) is 8.43. The molecule has 1 heterocycles. The van der Waals surface area contributed by atoms with Crippen molar-refractivity contribution in [2.24, 2.45) is 5.92 Å². The number of nitrogens with zero attached hydrogens (tertiary/aromatic N) is 2. The predicted octanol–water partition coefficient (Wildman–Crippen LogP) is 2.75. The van der Waals surface area contributed by atoms with Crippen LogP contribution in [0.3, 0.4) is 0 Å². The van der Waals surface area contributed by atoms with Gasteiger partial charge in [0.1, 0.15) is 0 Å². The van der Waals surface area contributed by atoms with Gasteiger partial charge in [-0.15, -0.1) is 24.8 Å². The number of piperidine rings is 1. The molecule has 0 radical (unpaired) electrons. The lowest BCUT2D eigenvalue weighted by atomic mass is 9.93. The molecule has 7 heteroatoms. The smallest absolute Gasteiger partial charge is 0.232 e. The zero-order chi connectivity index (χ0) is 15.5. The quantitative estimate of drug-likeness (QED) is 0.584. The van der Waals surface area contributed by atoms with E-state index in [2.05, 4.69) is 29.0 Å². The summed E-state index contributed by atoms with van der Waals surface area (Å²) in [6.45, 7) is 10.7. The topological polar surface area (TPSA) is 35.6 Å². The monoisotopic (exact) mass is 387 g/mol. The lowest BCUT2D eigenvalue weighted by Gasteiger charge is -2.32. The van der Waals surface area contributed by atoms with Gasteiger partial charge >= 0.3 is 0 Å². The standard InChI is InChI=1S/C16H33N3OS.2ClH/c1-4-18(5-2)12-13-21-14-16(20)19-10-7-15(8-11-19)6-9-17-3;;/h15,17H,4-14H2,1-3H3;2*1H. The SMILES string of the molecule is CCN(CC)CCSCC(=O)N1CCC(CCNC)CC1.Cl.Cl. The van der Waals surface area contributed by atoms with Gasteiger partial charge in [-0.3, -0.25) is 4.79 Å². The first-order valence-corrected chi connectivity index (χ1v) is 9.59. The number of rotatable bonds is 10. The highest BCUT2D eigenvalue weighted by atomic mass is 35.5. The van der Waals surface area contributed by atoms with Gasteiger partial charge < -0.3 is 15.1 Å². The summed E-state index contributed by atoms with van der Waals surface area (Å²) in [5.41, 5.74) is 0. The van der Waals surface area contributed by atoms with Gasteiger partial charge in [0, 0.05) is 25.4 Å². The number of amides is 1. The third-order valence-corrected chi connectivity index (χ3v) is 5.36. The van der Waals surface area contributed by atoms with Gasteiger partial charge in [0.25, 0.3) is 0 Å². The fraction of sp³-hybridized carbons (Fsp3) is 0.938. The fourth-order valence-corrected chi connectivity index (χ4v) is 3.69. The Kier molecular flexibility index (Phi) is 17.6. The molecule has 0 saturated carbocycles. The maximum absolute atomic E-state index is 12.2. The molecule has 0 atom stereocenters. The highest BCUT2D eigenvalue weighted by Gasteiger charge is 2.22. The van der Waals surface area contributed by atoms with Crippen LogP contribution in [0.25, 0.3) is 0 Å². The molecule has 0 aromatic carbocycles. The van der Waals surface area contributed by atoms with Crippen LogP contribution in [0, 0.1) is 5.92 Å². The summed E-state index contributed by atoms with van der Waals surface area (Å²) in [5, 5.41) is 3.21. The zero-order valence-electron chi connectivity index (χ0n) is 14.9. The summed E-state index contributed by atoms with van der Waals surface area (Å²) in [6.07, 6.45) is 3.60. The highest BCUT2D eigenvalue weighted by molar-refractivity contribution is 7.99. The molecule has 1 aliphatic rings. The summed E-state index contributed by atoms with van der Waals surface area (Å²) in [5.74, 6) is 2.86. The molecule has 0 aromatic rings. The summed E-state index contributed by atoms with van der Waals surface area (Å²) < 4.78 is 0. The fourth-order valence-electron chi connectivity index (χ4n) is 2.80. The van der Waals surface area contributed by atoms with E-state index in [9.17, 15) is 4.79 Å². The van der Waals surface area contributed by atoms with Crippen LogP contribution in [-0.2, 0) is 4.79 Å². The number of carbonyl (C=O) groups is 1. The Bertz CT molecular complexity index is 286. The van der Waals surface area contributed by atoms with Crippen molar-refractivity contribution in [3.8, 4) is 0 Å². The number of halogens is 2. The van der Waals surface area contributed by atoms with Gasteiger partial charge in [-0.05, 0) is 51.9 Å². The Labute approximate surface area is 159 Å². The molecule has 4 nitrogen and oxygen atoms in total. The summed E-state index contributed by atoms with van der Waals surface area (Å²) in [6, 6.07) is 0. The molecule has 1 saturated heterocycles. The maximum Gasteiger partial charge on any atom is 0.232 e. The third-order valence-electron chi connectivity index (χ3n) is 4.44. The molecular formula is C16H35Cl2N3OS. The van der Waals surface area contributed by atoms with Crippen LogP contribution in [-0.4, -0.2) is 73.5 Å². The Hall–Kier alpha value is 0.320. The second kappa shape index (κ2) is 15.8. The molecule has 0 bridgehead atoms. The van der Waals surface area contributed by atoms with Crippen LogP contribution >= 0.6 is 36.6 Å². The lowest BCUT2D eigenvalue weighted by molar-refractivity contribution is -0.129. The van der Waals surface area contributed by atoms with E-state index in [1.165, 1.54) is 19.3 Å². The third kappa shape index (κ3) is 10.7. The van der Waals surface area contributed by atoms with Crippen LogP contribution in [0.15, 0.2) is 0 Å². The average Bonchev–Trinajstić information content (AvgIpc) is 2.53. The first-order chi connectivity index (χ1) is 10.2. The van der Waals surface area contributed by atoms with Crippen LogP contribution in [0.2, 0.25) is 0 Å². The minimum Gasteiger partial charge on any atom is -0.342 e. The number of hydrogen-bond donors (Lipinski definition) is 1. The molecule has 0 aromatic heterocycles. The molecule has 140 valence electrons. The molecule has 0 spiro atoms. The van der Waals surface area contributed by atoms with Gasteiger partial charge in [0.05, 0.1) is 5.75 Å². The van der Waals surface area contributed by atoms with Gasteiger partial charge in [0.2, 0.25) is 5.91 Å². The van der Waals surface area contributed by atoms with Crippen molar-refractivity contribution in [3.63, 3.8) is 0 Å². The Morgan fingerprint density at radius 2 is 1.83 bits per heavy atom. The van der Waals surface area contributed by atoms with Gasteiger partial charge in [-0.1, -0.05) is 13.8 Å². The normalized spacial score (nSPS) is 15.2.